The molecule has 0 unspecified atom stereocenters. The Morgan fingerprint density at radius 1 is 1.50 bits per heavy atom. The van der Waals surface area contributed by atoms with Gasteiger partial charge in [0.05, 0.1) is 23.6 Å². The van der Waals surface area contributed by atoms with Gasteiger partial charge in [0.2, 0.25) is 10.0 Å². The van der Waals surface area contributed by atoms with Gasteiger partial charge in [0.1, 0.15) is 0 Å². The quantitative estimate of drug-likeness (QED) is 0.644. The second kappa shape index (κ2) is 5.69. The minimum absolute atomic E-state index is 0.0205. The smallest absolute Gasteiger partial charge is 0.337 e. The van der Waals surface area contributed by atoms with Crippen molar-refractivity contribution >= 4 is 27.4 Å². The van der Waals surface area contributed by atoms with Crippen LogP contribution < -0.4 is 10.5 Å². The largest absolute Gasteiger partial charge is 0.478 e. The zero-order valence-corrected chi connectivity index (χ0v) is 10.5. The third kappa shape index (κ3) is 3.90. The highest BCUT2D eigenvalue weighted by Gasteiger charge is 2.16. The molecule has 0 spiro atoms. The number of nitrogens with two attached hydrogens (primary N) is 1. The van der Waals surface area contributed by atoms with E-state index in [-0.39, 0.29) is 29.3 Å². The van der Waals surface area contributed by atoms with Crippen LogP contribution in [0, 0.1) is 0 Å². The maximum atomic E-state index is 11.6. The number of benzene rings is 1. The van der Waals surface area contributed by atoms with Crippen LogP contribution in [0.4, 0.5) is 11.4 Å². The highest BCUT2D eigenvalue weighted by atomic mass is 32.2. The van der Waals surface area contributed by atoms with E-state index in [9.17, 15) is 13.2 Å². The lowest BCUT2D eigenvalue weighted by Crippen LogP contribution is -2.21. The van der Waals surface area contributed by atoms with Crippen LogP contribution >= 0.6 is 0 Å². The summed E-state index contributed by atoms with van der Waals surface area (Å²) in [5.41, 5.74) is 5.47. The first-order valence-corrected chi connectivity index (χ1v) is 6.63. The standard InChI is InChI=1S/C10H14N2O5S/c1-17-4-5-18(15,16)12-9-3-2-7(11)6-8(9)10(13)14/h2-3,6,12H,4-5,11H2,1H3,(H,13,14). The number of ether oxygens (including phenoxy) is 1. The van der Waals surface area contributed by atoms with Gasteiger partial charge in [0, 0.05) is 12.8 Å². The highest BCUT2D eigenvalue weighted by molar-refractivity contribution is 7.92. The summed E-state index contributed by atoms with van der Waals surface area (Å²) >= 11 is 0. The van der Waals surface area contributed by atoms with Gasteiger partial charge in [-0.2, -0.15) is 0 Å². The summed E-state index contributed by atoms with van der Waals surface area (Å²) < 4.78 is 30.0. The van der Waals surface area contributed by atoms with Gasteiger partial charge in [-0.1, -0.05) is 0 Å². The fraction of sp³-hybridized carbons (Fsp3) is 0.300. The number of aromatic carboxylic acids is 1. The molecule has 0 aliphatic heterocycles. The van der Waals surface area contributed by atoms with Gasteiger partial charge in [-0.3, -0.25) is 4.72 Å². The third-order valence-electron chi connectivity index (χ3n) is 2.10. The Bertz CT molecular complexity index is 541. The van der Waals surface area contributed by atoms with Gasteiger partial charge in [0.25, 0.3) is 0 Å². The topological polar surface area (TPSA) is 119 Å². The van der Waals surface area contributed by atoms with Crippen LogP contribution in [-0.2, 0) is 14.8 Å². The number of hydrogen-bond acceptors (Lipinski definition) is 5. The third-order valence-corrected chi connectivity index (χ3v) is 3.33. The van der Waals surface area contributed by atoms with Gasteiger partial charge in [-0.15, -0.1) is 0 Å². The summed E-state index contributed by atoms with van der Waals surface area (Å²) in [5, 5.41) is 8.95. The summed E-state index contributed by atoms with van der Waals surface area (Å²) in [6.07, 6.45) is 0. The lowest BCUT2D eigenvalue weighted by atomic mass is 10.1. The molecular formula is C10H14N2O5S. The first-order chi connectivity index (χ1) is 8.35. The normalized spacial score (nSPS) is 11.2. The number of methoxy groups -OCH3 is 1. The van der Waals surface area contributed by atoms with Crippen molar-refractivity contribution in [3.8, 4) is 0 Å². The predicted molar refractivity (Wildman–Crippen MR) is 67.1 cm³/mol. The lowest BCUT2D eigenvalue weighted by molar-refractivity contribution is 0.0698. The van der Waals surface area contributed by atoms with Crippen molar-refractivity contribution in [2.75, 3.05) is 29.9 Å². The second-order valence-electron chi connectivity index (χ2n) is 3.52. The number of nitrogens with one attached hydrogen (secondary N) is 1. The molecule has 1 aromatic rings. The first kappa shape index (κ1) is 14.3. The Balaban J connectivity index is 3.01. The van der Waals surface area contributed by atoms with Crippen molar-refractivity contribution < 1.29 is 23.1 Å². The van der Waals surface area contributed by atoms with Crippen molar-refractivity contribution in [1.29, 1.82) is 0 Å². The van der Waals surface area contributed by atoms with Crippen molar-refractivity contribution in [2.45, 2.75) is 0 Å². The summed E-state index contributed by atoms with van der Waals surface area (Å²) in [7, 11) is -2.27. The average Bonchev–Trinajstić information content (AvgIpc) is 2.28. The highest BCUT2D eigenvalue weighted by Crippen LogP contribution is 2.20. The maximum Gasteiger partial charge on any atom is 0.337 e. The molecule has 0 heterocycles. The second-order valence-corrected chi connectivity index (χ2v) is 5.37. The number of carboxylic acids is 1. The Morgan fingerprint density at radius 3 is 2.72 bits per heavy atom. The van der Waals surface area contributed by atoms with Crippen LogP contribution in [-0.4, -0.2) is 39.0 Å². The summed E-state index contributed by atoms with van der Waals surface area (Å²) in [5.74, 6) is -1.51. The van der Waals surface area contributed by atoms with Crippen LogP contribution in [0.5, 0.6) is 0 Å². The zero-order chi connectivity index (χ0) is 13.8. The minimum Gasteiger partial charge on any atom is -0.478 e. The molecule has 0 atom stereocenters. The van der Waals surface area contributed by atoms with E-state index in [0.717, 1.165) is 0 Å². The summed E-state index contributed by atoms with van der Waals surface area (Å²) in [4.78, 5) is 11.0. The number of sulfonamides is 1. The Morgan fingerprint density at radius 2 is 2.17 bits per heavy atom. The number of rotatable bonds is 6. The Kier molecular flexibility index (Phi) is 4.51. The predicted octanol–water partition coefficient (Wildman–Crippen LogP) is 0.355. The van der Waals surface area contributed by atoms with Crippen molar-refractivity contribution in [3.63, 3.8) is 0 Å². The van der Waals surface area contributed by atoms with Crippen molar-refractivity contribution in [1.82, 2.24) is 0 Å². The van der Waals surface area contributed by atoms with E-state index in [1.165, 1.54) is 25.3 Å². The van der Waals surface area contributed by atoms with Gasteiger partial charge < -0.3 is 15.6 Å². The molecule has 0 saturated carbocycles. The molecule has 0 amide bonds. The monoisotopic (exact) mass is 274 g/mol. The Labute approximate surface area is 105 Å². The maximum absolute atomic E-state index is 11.6. The molecule has 1 aromatic carbocycles. The van der Waals surface area contributed by atoms with Crippen molar-refractivity contribution in [3.05, 3.63) is 23.8 Å². The fourth-order valence-electron chi connectivity index (χ4n) is 1.24. The number of hydrogen-bond donors (Lipinski definition) is 3. The van der Waals surface area contributed by atoms with E-state index in [1.807, 2.05) is 0 Å². The van der Waals surface area contributed by atoms with Gasteiger partial charge in [-0.05, 0) is 18.2 Å². The van der Waals surface area contributed by atoms with Crippen LogP contribution in [0.2, 0.25) is 0 Å². The molecule has 0 radical (unpaired) electrons. The number of carboxylic acid groups (broad SMARTS) is 1. The molecule has 4 N–H and O–H groups in total. The van der Waals surface area contributed by atoms with Crippen LogP contribution in [0.25, 0.3) is 0 Å². The zero-order valence-electron chi connectivity index (χ0n) is 9.71. The van der Waals surface area contributed by atoms with E-state index >= 15 is 0 Å². The van der Waals surface area contributed by atoms with E-state index in [4.69, 9.17) is 10.8 Å². The van der Waals surface area contributed by atoms with Gasteiger partial charge in [0.15, 0.2) is 0 Å². The molecule has 0 bridgehead atoms. The molecule has 0 aliphatic rings. The summed E-state index contributed by atoms with van der Waals surface area (Å²) in [6.45, 7) is 0.0205. The fourth-order valence-corrected chi connectivity index (χ4v) is 2.24. The molecule has 0 aliphatic carbocycles. The molecule has 8 heteroatoms. The molecule has 7 nitrogen and oxygen atoms in total. The van der Waals surface area contributed by atoms with Crippen LogP contribution in [0.15, 0.2) is 18.2 Å². The van der Waals surface area contributed by atoms with Gasteiger partial charge in [-0.25, -0.2) is 13.2 Å². The number of nitrogen functional groups attached to an aromatic ring is 1. The molecule has 0 aromatic heterocycles. The Hall–Kier alpha value is -1.80. The van der Waals surface area contributed by atoms with E-state index in [0.29, 0.717) is 0 Å². The molecule has 18 heavy (non-hydrogen) atoms. The molecule has 0 fully saturated rings. The SMILES string of the molecule is COCCS(=O)(=O)Nc1ccc(N)cc1C(=O)O. The average molecular weight is 274 g/mol. The van der Waals surface area contributed by atoms with Crippen LogP contribution in [0.3, 0.4) is 0 Å². The molecular weight excluding hydrogens is 260 g/mol. The van der Waals surface area contributed by atoms with Gasteiger partial charge >= 0.3 is 5.97 Å². The molecule has 0 saturated heterocycles. The lowest BCUT2D eigenvalue weighted by Gasteiger charge is -2.10. The molecule has 1 rings (SSSR count). The van der Waals surface area contributed by atoms with E-state index in [2.05, 4.69) is 9.46 Å². The first-order valence-electron chi connectivity index (χ1n) is 4.98. The number of anilines is 2. The molecule has 100 valence electrons. The number of carbonyl (C=O) groups is 1. The summed E-state index contributed by atoms with van der Waals surface area (Å²) in [6, 6.07) is 3.92. The minimum atomic E-state index is -3.64. The van der Waals surface area contributed by atoms with Crippen LogP contribution in [0.1, 0.15) is 10.4 Å². The van der Waals surface area contributed by atoms with E-state index < -0.39 is 16.0 Å². The van der Waals surface area contributed by atoms with E-state index in [1.54, 1.807) is 0 Å². The van der Waals surface area contributed by atoms with Crippen molar-refractivity contribution in [2.24, 2.45) is 0 Å².